The zero-order valence-electron chi connectivity index (χ0n) is 11.8. The second-order valence-corrected chi connectivity index (χ2v) is 14.2. The van der Waals surface area contributed by atoms with Crippen LogP contribution in [-0.4, -0.2) is 9.41 Å². The van der Waals surface area contributed by atoms with Gasteiger partial charge in [-0.3, -0.25) is 0 Å². The summed E-state index contributed by atoms with van der Waals surface area (Å²) in [7, 11) is 13.5. The van der Waals surface area contributed by atoms with Crippen LogP contribution in [0.15, 0.2) is 58.3 Å². The van der Waals surface area contributed by atoms with Crippen LogP contribution in [0.4, 0.5) is 11.4 Å². The summed E-state index contributed by atoms with van der Waals surface area (Å²) in [5.74, 6) is 0. The van der Waals surface area contributed by atoms with E-state index in [1.54, 1.807) is 21.6 Å². The number of nitrogens with zero attached hydrogens (tertiary/aromatic N) is 2. The van der Waals surface area contributed by atoms with Crippen LogP contribution in [0.3, 0.4) is 0 Å². The molecular weight excluding hydrogens is 461 g/mol. The average Bonchev–Trinajstić information content (AvgIpc) is 3.16. The number of thioether (sulfide) groups is 2. The maximum atomic E-state index is 4.95. The van der Waals surface area contributed by atoms with E-state index in [4.69, 9.17) is 30.0 Å². The van der Waals surface area contributed by atoms with Gasteiger partial charge >= 0.3 is 34.5 Å². The second-order valence-electron chi connectivity index (χ2n) is 4.34. The van der Waals surface area contributed by atoms with Crippen molar-refractivity contribution in [1.82, 2.24) is 0 Å². The number of hydrogen-bond acceptors (Lipinski definition) is 4. The summed E-state index contributed by atoms with van der Waals surface area (Å²) < 4.78 is 0.494. The van der Waals surface area contributed by atoms with Crippen LogP contribution in [0.2, 0.25) is 0 Å². The fourth-order valence-electron chi connectivity index (χ4n) is 2.00. The Morgan fingerprint density at radius 1 is 0.783 bits per heavy atom. The molecule has 2 atom stereocenters. The van der Waals surface area contributed by atoms with Gasteiger partial charge in [0.15, 0.2) is 0 Å². The number of para-hydroxylation sites is 2. The van der Waals surface area contributed by atoms with Crippen LogP contribution >= 0.6 is 64.5 Å². The van der Waals surface area contributed by atoms with Crippen molar-refractivity contribution in [3.05, 3.63) is 59.2 Å². The SMILES string of the molecule is [Cl][Zn][Cl].c1ccc2c(c1)[N-]C(SSC1[N-]c3ccccc3S1)S2. The van der Waals surface area contributed by atoms with Gasteiger partial charge < -0.3 is 10.6 Å². The van der Waals surface area contributed by atoms with Gasteiger partial charge in [-0.25, -0.2) is 0 Å². The standard InChI is InChI=1S/C14H10N2S4.2ClH.Zn/c1-3-7-11-9(5-1)15-13(17-11)19-20-14-16-10-6-2-4-8-12(10)18-14;;;/h1-8,13-14H;2*1H;/q-2;;;+2/p-2. The Bertz CT molecular complexity index is 559. The Balaban J connectivity index is 0.000000485. The minimum absolute atomic E-state index is 0.247. The molecule has 0 saturated carbocycles. The van der Waals surface area contributed by atoms with Crippen LogP contribution in [0, 0.1) is 0 Å². The van der Waals surface area contributed by atoms with E-state index < -0.39 is 15.1 Å². The topological polar surface area (TPSA) is 28.2 Å². The second kappa shape index (κ2) is 9.37. The van der Waals surface area contributed by atoms with Crippen LogP contribution < -0.4 is 0 Å². The minimum Gasteiger partial charge on any atom is -0.663 e. The van der Waals surface area contributed by atoms with Crippen molar-refractivity contribution < 1.29 is 15.1 Å². The summed E-state index contributed by atoms with van der Waals surface area (Å²) in [6.45, 7) is 0. The molecule has 2 aromatic carbocycles. The van der Waals surface area contributed by atoms with Gasteiger partial charge in [0.1, 0.15) is 0 Å². The van der Waals surface area contributed by atoms with E-state index in [0.717, 1.165) is 11.4 Å². The predicted octanol–water partition coefficient (Wildman–Crippen LogP) is 7.93. The van der Waals surface area contributed by atoms with Crippen LogP contribution in [0.5, 0.6) is 0 Å². The number of hydrogen-bond donors (Lipinski definition) is 0. The molecule has 2 aliphatic rings. The molecule has 9 heteroatoms. The number of benzene rings is 2. The number of rotatable bonds is 3. The molecule has 2 heterocycles. The van der Waals surface area contributed by atoms with E-state index in [1.807, 2.05) is 35.7 Å². The van der Waals surface area contributed by atoms with Crippen LogP contribution in [-0.2, 0) is 15.1 Å². The summed E-state index contributed by atoms with van der Waals surface area (Å²) in [6.07, 6.45) is 0. The molecule has 2 aliphatic heterocycles. The van der Waals surface area contributed by atoms with Crippen molar-refractivity contribution in [2.75, 3.05) is 0 Å². The Morgan fingerprint density at radius 3 is 1.57 bits per heavy atom. The summed E-state index contributed by atoms with van der Waals surface area (Å²) in [4.78, 5) is 2.56. The molecule has 2 unspecified atom stereocenters. The van der Waals surface area contributed by atoms with Gasteiger partial charge in [0.05, 0.1) is 0 Å². The third kappa shape index (κ3) is 5.07. The molecule has 2 nitrogen and oxygen atoms in total. The normalized spacial score (nSPS) is 20.3. The minimum atomic E-state index is -0.931. The zero-order chi connectivity index (χ0) is 16.1. The van der Waals surface area contributed by atoms with E-state index in [1.165, 1.54) is 9.79 Å². The monoisotopic (exact) mass is 468 g/mol. The summed E-state index contributed by atoms with van der Waals surface area (Å²) >= 11 is 2.73. The smallest absolute Gasteiger partial charge is 0.00572 e. The van der Waals surface area contributed by atoms with E-state index in [0.29, 0.717) is 0 Å². The van der Waals surface area contributed by atoms with Gasteiger partial charge in [0.2, 0.25) is 0 Å². The third-order valence-electron chi connectivity index (χ3n) is 2.90. The van der Waals surface area contributed by atoms with Gasteiger partial charge in [-0.15, -0.1) is 34.9 Å². The third-order valence-corrected chi connectivity index (χ3v) is 8.67. The van der Waals surface area contributed by atoms with Crippen LogP contribution in [0.25, 0.3) is 10.6 Å². The molecule has 0 saturated heterocycles. The first kappa shape index (κ1) is 18.4. The molecule has 0 spiro atoms. The van der Waals surface area contributed by atoms with Gasteiger partial charge in [-0.05, 0) is 31.3 Å². The maximum Gasteiger partial charge on any atom is -0.00572 e. The quantitative estimate of drug-likeness (QED) is 0.336. The van der Waals surface area contributed by atoms with Crippen LogP contribution in [0.1, 0.15) is 0 Å². The van der Waals surface area contributed by atoms with Crippen molar-refractivity contribution in [2.24, 2.45) is 0 Å². The van der Waals surface area contributed by atoms with E-state index in [-0.39, 0.29) is 9.41 Å². The summed E-state index contributed by atoms with van der Waals surface area (Å²) in [5, 5.41) is 9.43. The van der Waals surface area contributed by atoms with Crippen molar-refractivity contribution >= 4 is 75.9 Å². The van der Waals surface area contributed by atoms with E-state index in [9.17, 15) is 0 Å². The Labute approximate surface area is 168 Å². The van der Waals surface area contributed by atoms with Crippen molar-refractivity contribution in [1.29, 1.82) is 0 Å². The number of halogens is 2. The maximum absolute atomic E-state index is 4.95. The van der Waals surface area contributed by atoms with Crippen molar-refractivity contribution in [3.8, 4) is 0 Å². The van der Waals surface area contributed by atoms with Gasteiger partial charge in [-0.2, -0.15) is 0 Å². The average molecular weight is 471 g/mol. The van der Waals surface area contributed by atoms with Crippen molar-refractivity contribution in [3.63, 3.8) is 0 Å². The molecule has 0 amide bonds. The Kier molecular flexibility index (Phi) is 7.51. The fraction of sp³-hybridized carbons (Fsp3) is 0.143. The first-order chi connectivity index (χ1) is 11.3. The molecule has 118 valence electrons. The van der Waals surface area contributed by atoms with Gasteiger partial charge in [0.25, 0.3) is 0 Å². The Morgan fingerprint density at radius 2 is 1.17 bits per heavy atom. The largest absolute Gasteiger partial charge is 0.663 e. The molecular formula is C14H10Cl2N2S4Zn-2. The zero-order valence-corrected chi connectivity index (χ0v) is 19.5. The predicted molar refractivity (Wildman–Crippen MR) is 105 cm³/mol. The molecule has 0 N–H and O–H groups in total. The molecule has 0 radical (unpaired) electrons. The Hall–Kier alpha value is 0.643. The van der Waals surface area contributed by atoms with Gasteiger partial charge in [-0.1, -0.05) is 58.0 Å². The fourth-order valence-corrected chi connectivity index (χ4v) is 7.36. The molecule has 0 aromatic heterocycles. The summed E-state index contributed by atoms with van der Waals surface area (Å²) in [5.41, 5.74) is 2.24. The molecule has 0 aliphatic carbocycles. The molecule has 23 heavy (non-hydrogen) atoms. The molecule has 0 bridgehead atoms. The summed E-state index contributed by atoms with van der Waals surface area (Å²) in [6, 6.07) is 16.7. The first-order valence-corrected chi connectivity index (χ1v) is 18.5. The van der Waals surface area contributed by atoms with E-state index in [2.05, 4.69) is 36.4 Å². The molecule has 4 rings (SSSR count). The van der Waals surface area contributed by atoms with Gasteiger partial charge in [0, 0.05) is 0 Å². The molecule has 0 fully saturated rings. The molecule has 2 aromatic rings. The number of fused-ring (bicyclic) bond motifs is 2. The first-order valence-electron chi connectivity index (χ1n) is 6.67. The van der Waals surface area contributed by atoms with Crippen molar-refractivity contribution in [2.45, 2.75) is 19.2 Å². The van der Waals surface area contributed by atoms with E-state index >= 15 is 0 Å².